The third-order valence-electron chi connectivity index (χ3n) is 4.07. The van der Waals surface area contributed by atoms with Crippen molar-refractivity contribution in [3.8, 4) is 0 Å². The monoisotopic (exact) mass is 300 g/mol. The number of rotatable bonds is 5. The molecule has 3 rings (SSSR count). The molecule has 0 saturated carbocycles. The van der Waals surface area contributed by atoms with Crippen molar-refractivity contribution in [3.05, 3.63) is 30.0 Å². The molecule has 6 nitrogen and oxygen atoms in total. The smallest absolute Gasteiger partial charge is 0.227 e. The lowest BCUT2D eigenvalue weighted by Crippen LogP contribution is -2.31. The molecule has 0 radical (unpaired) electrons. The van der Waals surface area contributed by atoms with Crippen LogP contribution in [0.1, 0.15) is 37.6 Å². The van der Waals surface area contributed by atoms with E-state index < -0.39 is 0 Å². The maximum Gasteiger partial charge on any atom is 0.227 e. The van der Waals surface area contributed by atoms with E-state index >= 15 is 0 Å². The van der Waals surface area contributed by atoms with Gasteiger partial charge in [-0.05, 0) is 33.1 Å². The standard InChI is InChI=1S/C16H24N6/c1-3-21-12-17-10-14(21)11-18-15-9-13(2)19-16(20-15)22-7-5-4-6-8-22/h9-10,12H,3-8,11H2,1-2H3,(H,18,19,20). The van der Waals surface area contributed by atoms with E-state index in [1.54, 1.807) is 0 Å². The van der Waals surface area contributed by atoms with Crippen LogP contribution in [0, 0.1) is 6.92 Å². The Bertz CT molecular complexity index is 615. The van der Waals surface area contributed by atoms with Gasteiger partial charge in [-0.3, -0.25) is 0 Å². The highest BCUT2D eigenvalue weighted by Gasteiger charge is 2.14. The summed E-state index contributed by atoms with van der Waals surface area (Å²) in [6.45, 7) is 7.92. The minimum atomic E-state index is 0.726. The molecule has 0 bridgehead atoms. The van der Waals surface area contributed by atoms with E-state index in [2.05, 4.69) is 36.7 Å². The Hall–Kier alpha value is -2.11. The molecule has 1 saturated heterocycles. The minimum Gasteiger partial charge on any atom is -0.364 e. The molecule has 0 spiro atoms. The average Bonchev–Trinajstić information content (AvgIpc) is 3.01. The van der Waals surface area contributed by atoms with Gasteiger partial charge in [0.05, 0.1) is 18.6 Å². The van der Waals surface area contributed by atoms with E-state index in [-0.39, 0.29) is 0 Å². The fraction of sp³-hybridized carbons (Fsp3) is 0.562. The lowest BCUT2D eigenvalue weighted by molar-refractivity contribution is 0.568. The number of hydrogen-bond acceptors (Lipinski definition) is 5. The first kappa shape index (κ1) is 14.8. The quantitative estimate of drug-likeness (QED) is 0.920. The largest absolute Gasteiger partial charge is 0.364 e. The van der Waals surface area contributed by atoms with E-state index in [0.717, 1.165) is 43.6 Å². The number of anilines is 2. The van der Waals surface area contributed by atoms with Crippen molar-refractivity contribution in [2.24, 2.45) is 0 Å². The van der Waals surface area contributed by atoms with Crippen LogP contribution in [0.25, 0.3) is 0 Å². The molecule has 0 aromatic carbocycles. The Morgan fingerprint density at radius 3 is 2.77 bits per heavy atom. The van der Waals surface area contributed by atoms with Crippen LogP contribution in [0.15, 0.2) is 18.6 Å². The summed E-state index contributed by atoms with van der Waals surface area (Å²) < 4.78 is 2.13. The zero-order valence-electron chi connectivity index (χ0n) is 13.4. The zero-order chi connectivity index (χ0) is 15.4. The van der Waals surface area contributed by atoms with E-state index in [9.17, 15) is 0 Å². The number of imidazole rings is 1. The van der Waals surface area contributed by atoms with Gasteiger partial charge < -0.3 is 14.8 Å². The molecular weight excluding hydrogens is 276 g/mol. The van der Waals surface area contributed by atoms with Crippen LogP contribution in [-0.2, 0) is 13.1 Å². The van der Waals surface area contributed by atoms with Gasteiger partial charge in [0.2, 0.25) is 5.95 Å². The van der Waals surface area contributed by atoms with Gasteiger partial charge in [0, 0.05) is 37.6 Å². The maximum absolute atomic E-state index is 4.69. The van der Waals surface area contributed by atoms with Crippen molar-refractivity contribution < 1.29 is 0 Å². The second-order valence-corrected chi connectivity index (χ2v) is 5.77. The predicted octanol–water partition coefficient (Wildman–Crippen LogP) is 2.60. The lowest BCUT2D eigenvalue weighted by atomic mass is 10.1. The van der Waals surface area contributed by atoms with E-state index in [0.29, 0.717) is 0 Å². The molecule has 0 unspecified atom stereocenters. The van der Waals surface area contributed by atoms with Crippen LogP contribution in [0.3, 0.4) is 0 Å². The Morgan fingerprint density at radius 1 is 1.18 bits per heavy atom. The Labute approximate surface area is 131 Å². The SMILES string of the molecule is CCn1cncc1CNc1cc(C)nc(N2CCCCC2)n1. The molecule has 0 aliphatic carbocycles. The fourth-order valence-electron chi connectivity index (χ4n) is 2.84. The number of nitrogens with one attached hydrogen (secondary N) is 1. The summed E-state index contributed by atoms with van der Waals surface area (Å²) in [5, 5.41) is 3.40. The fourth-order valence-corrected chi connectivity index (χ4v) is 2.84. The molecule has 22 heavy (non-hydrogen) atoms. The average molecular weight is 300 g/mol. The van der Waals surface area contributed by atoms with Crippen molar-refractivity contribution in [2.75, 3.05) is 23.3 Å². The van der Waals surface area contributed by atoms with Crippen LogP contribution in [0.4, 0.5) is 11.8 Å². The van der Waals surface area contributed by atoms with E-state index in [4.69, 9.17) is 0 Å². The number of piperidine rings is 1. The molecule has 0 atom stereocenters. The molecule has 0 amide bonds. The first-order valence-corrected chi connectivity index (χ1v) is 8.10. The summed E-state index contributed by atoms with van der Waals surface area (Å²) in [5.74, 6) is 1.74. The van der Waals surface area contributed by atoms with Gasteiger partial charge in [-0.1, -0.05) is 0 Å². The molecule has 2 aromatic rings. The molecule has 118 valence electrons. The lowest BCUT2D eigenvalue weighted by Gasteiger charge is -2.27. The molecule has 1 aliphatic heterocycles. The first-order chi connectivity index (χ1) is 10.8. The first-order valence-electron chi connectivity index (χ1n) is 8.10. The van der Waals surface area contributed by atoms with Crippen LogP contribution in [0.2, 0.25) is 0 Å². The highest BCUT2D eigenvalue weighted by atomic mass is 15.3. The molecule has 3 heterocycles. The summed E-state index contributed by atoms with van der Waals surface area (Å²) in [4.78, 5) is 15.8. The van der Waals surface area contributed by atoms with Crippen molar-refractivity contribution in [1.82, 2.24) is 19.5 Å². The summed E-state index contributed by atoms with van der Waals surface area (Å²) in [6, 6.07) is 2.00. The molecule has 2 aromatic heterocycles. The molecule has 1 aliphatic rings. The maximum atomic E-state index is 4.69. The third-order valence-corrected chi connectivity index (χ3v) is 4.07. The second kappa shape index (κ2) is 6.77. The van der Waals surface area contributed by atoms with Gasteiger partial charge >= 0.3 is 0 Å². The van der Waals surface area contributed by atoms with Gasteiger partial charge in [0.1, 0.15) is 5.82 Å². The van der Waals surface area contributed by atoms with Gasteiger partial charge in [0.25, 0.3) is 0 Å². The van der Waals surface area contributed by atoms with Crippen LogP contribution in [-0.4, -0.2) is 32.6 Å². The molecule has 6 heteroatoms. The van der Waals surface area contributed by atoms with E-state index in [1.807, 2.05) is 25.5 Å². The van der Waals surface area contributed by atoms with Crippen molar-refractivity contribution >= 4 is 11.8 Å². The summed E-state index contributed by atoms with van der Waals surface area (Å²) in [6.07, 6.45) is 7.54. The Morgan fingerprint density at radius 2 is 2.00 bits per heavy atom. The van der Waals surface area contributed by atoms with E-state index in [1.165, 1.54) is 25.0 Å². The van der Waals surface area contributed by atoms with Crippen molar-refractivity contribution in [1.29, 1.82) is 0 Å². The topological polar surface area (TPSA) is 58.9 Å². The summed E-state index contributed by atoms with van der Waals surface area (Å²) in [5.41, 5.74) is 2.17. The number of aromatic nitrogens is 4. The number of aryl methyl sites for hydroxylation is 2. The Balaban J connectivity index is 1.72. The summed E-state index contributed by atoms with van der Waals surface area (Å²) >= 11 is 0. The molecule has 1 fully saturated rings. The van der Waals surface area contributed by atoms with Crippen LogP contribution >= 0.6 is 0 Å². The summed E-state index contributed by atoms with van der Waals surface area (Å²) in [7, 11) is 0. The van der Waals surface area contributed by atoms with Gasteiger partial charge in [-0.25, -0.2) is 9.97 Å². The van der Waals surface area contributed by atoms with Gasteiger partial charge in [-0.2, -0.15) is 4.98 Å². The van der Waals surface area contributed by atoms with Gasteiger partial charge in [-0.15, -0.1) is 0 Å². The normalized spacial score (nSPS) is 15.1. The Kier molecular flexibility index (Phi) is 4.56. The third kappa shape index (κ3) is 3.37. The van der Waals surface area contributed by atoms with Crippen LogP contribution in [0.5, 0.6) is 0 Å². The van der Waals surface area contributed by atoms with Crippen molar-refractivity contribution in [3.63, 3.8) is 0 Å². The highest BCUT2D eigenvalue weighted by molar-refractivity contribution is 5.44. The highest BCUT2D eigenvalue weighted by Crippen LogP contribution is 2.18. The second-order valence-electron chi connectivity index (χ2n) is 5.77. The minimum absolute atomic E-state index is 0.726. The molecular formula is C16H24N6. The van der Waals surface area contributed by atoms with Gasteiger partial charge in [0.15, 0.2) is 0 Å². The van der Waals surface area contributed by atoms with Crippen molar-refractivity contribution in [2.45, 2.75) is 46.2 Å². The number of hydrogen-bond donors (Lipinski definition) is 1. The number of nitrogens with zero attached hydrogens (tertiary/aromatic N) is 5. The van der Waals surface area contributed by atoms with Crippen LogP contribution < -0.4 is 10.2 Å². The predicted molar refractivity (Wildman–Crippen MR) is 88.1 cm³/mol. The molecule has 1 N–H and O–H groups in total. The zero-order valence-corrected chi connectivity index (χ0v) is 13.4.